The molecular weight excluding hydrogens is 388 g/mol. The lowest BCUT2D eigenvalue weighted by atomic mass is 10.2. The van der Waals surface area contributed by atoms with E-state index in [1.54, 1.807) is 11.8 Å². The van der Waals surface area contributed by atoms with E-state index in [2.05, 4.69) is 73.0 Å². The number of halogens is 1. The van der Waals surface area contributed by atoms with Crippen LogP contribution in [0.5, 0.6) is 0 Å². The molecule has 28 heavy (non-hydrogen) atoms. The summed E-state index contributed by atoms with van der Waals surface area (Å²) >= 11 is 8.13. The standard InChI is InChI=1S/C22H27ClN4S/c1-5-20(26(3)4)21-24-25-22(27(21)15-17-11-7-6-8-12-17)28-16(2)18-13-9-10-14-19(18)23/h6-14,16,20H,5,15H2,1-4H3/p+1/t16-,20+/m0/s1. The maximum atomic E-state index is 6.42. The highest BCUT2D eigenvalue weighted by molar-refractivity contribution is 7.99. The Morgan fingerprint density at radius 2 is 1.71 bits per heavy atom. The van der Waals surface area contributed by atoms with Gasteiger partial charge in [-0.15, -0.1) is 10.2 Å². The largest absolute Gasteiger partial charge is 0.331 e. The van der Waals surface area contributed by atoms with Gasteiger partial charge in [0.25, 0.3) is 0 Å². The van der Waals surface area contributed by atoms with Crippen molar-refractivity contribution in [3.8, 4) is 0 Å². The van der Waals surface area contributed by atoms with Crippen LogP contribution in [0.2, 0.25) is 5.02 Å². The second kappa shape index (κ2) is 9.59. The van der Waals surface area contributed by atoms with Gasteiger partial charge in [-0.1, -0.05) is 78.8 Å². The average Bonchev–Trinajstić information content (AvgIpc) is 3.05. The van der Waals surface area contributed by atoms with E-state index in [1.165, 1.54) is 10.5 Å². The fraction of sp³-hybridized carbons (Fsp3) is 0.364. The van der Waals surface area contributed by atoms with Gasteiger partial charge >= 0.3 is 0 Å². The fourth-order valence-electron chi connectivity index (χ4n) is 3.43. The van der Waals surface area contributed by atoms with Crippen molar-refractivity contribution in [2.75, 3.05) is 14.1 Å². The van der Waals surface area contributed by atoms with Gasteiger partial charge in [-0.2, -0.15) is 0 Å². The van der Waals surface area contributed by atoms with E-state index >= 15 is 0 Å². The minimum atomic E-state index is 0.187. The first-order valence-electron chi connectivity index (χ1n) is 9.69. The summed E-state index contributed by atoms with van der Waals surface area (Å²) in [5.74, 6) is 1.04. The lowest BCUT2D eigenvalue weighted by Gasteiger charge is -2.21. The van der Waals surface area contributed by atoms with Gasteiger partial charge in [0.15, 0.2) is 11.0 Å². The molecule has 3 aromatic rings. The number of aromatic nitrogens is 3. The molecule has 0 radical (unpaired) electrons. The predicted molar refractivity (Wildman–Crippen MR) is 117 cm³/mol. The van der Waals surface area contributed by atoms with E-state index < -0.39 is 0 Å². The van der Waals surface area contributed by atoms with Gasteiger partial charge in [0.1, 0.15) is 6.04 Å². The summed E-state index contributed by atoms with van der Waals surface area (Å²) in [6.07, 6.45) is 1.01. The van der Waals surface area contributed by atoms with Gasteiger partial charge < -0.3 is 4.90 Å². The molecule has 0 aliphatic heterocycles. The topological polar surface area (TPSA) is 35.1 Å². The van der Waals surface area contributed by atoms with Crippen molar-refractivity contribution < 1.29 is 4.90 Å². The third-order valence-corrected chi connectivity index (χ3v) is 6.44. The van der Waals surface area contributed by atoms with Crippen LogP contribution >= 0.6 is 23.4 Å². The summed E-state index contributed by atoms with van der Waals surface area (Å²) in [5.41, 5.74) is 2.37. The molecule has 4 nitrogen and oxygen atoms in total. The summed E-state index contributed by atoms with van der Waals surface area (Å²) in [7, 11) is 4.35. The highest BCUT2D eigenvalue weighted by Gasteiger charge is 2.26. The van der Waals surface area contributed by atoms with Gasteiger partial charge in [-0.3, -0.25) is 4.57 Å². The van der Waals surface area contributed by atoms with E-state index in [9.17, 15) is 0 Å². The monoisotopic (exact) mass is 415 g/mol. The molecule has 2 aromatic carbocycles. The Balaban J connectivity index is 1.96. The van der Waals surface area contributed by atoms with Gasteiger partial charge in [0.2, 0.25) is 0 Å². The molecular formula is C22H28ClN4S+. The first-order chi connectivity index (χ1) is 13.5. The molecule has 0 unspecified atom stereocenters. The highest BCUT2D eigenvalue weighted by Crippen LogP contribution is 2.37. The van der Waals surface area contributed by atoms with E-state index in [0.717, 1.165) is 34.5 Å². The van der Waals surface area contributed by atoms with Gasteiger partial charge in [0, 0.05) is 16.7 Å². The predicted octanol–water partition coefficient (Wildman–Crippen LogP) is 4.43. The maximum absolute atomic E-state index is 6.42. The summed E-state index contributed by atoms with van der Waals surface area (Å²) in [6.45, 7) is 5.14. The zero-order chi connectivity index (χ0) is 20.1. The lowest BCUT2D eigenvalue weighted by Crippen LogP contribution is -3.06. The fourth-order valence-corrected chi connectivity index (χ4v) is 4.82. The van der Waals surface area contributed by atoms with Crippen LogP contribution in [0.3, 0.4) is 0 Å². The van der Waals surface area contributed by atoms with E-state index in [1.807, 2.05) is 24.3 Å². The van der Waals surface area contributed by atoms with Crippen LogP contribution in [-0.4, -0.2) is 28.9 Å². The number of rotatable bonds is 8. The van der Waals surface area contributed by atoms with Crippen LogP contribution in [0.25, 0.3) is 0 Å². The number of hydrogen-bond acceptors (Lipinski definition) is 3. The van der Waals surface area contributed by atoms with Gasteiger partial charge in [-0.05, 0) is 24.1 Å². The number of thioether (sulfide) groups is 1. The van der Waals surface area contributed by atoms with Crippen molar-refractivity contribution in [2.24, 2.45) is 0 Å². The first-order valence-corrected chi connectivity index (χ1v) is 10.9. The Labute approximate surface area is 176 Å². The van der Waals surface area contributed by atoms with Crippen molar-refractivity contribution >= 4 is 23.4 Å². The van der Waals surface area contributed by atoms with E-state index in [0.29, 0.717) is 6.04 Å². The molecule has 0 saturated carbocycles. The van der Waals surface area contributed by atoms with Crippen LogP contribution < -0.4 is 4.90 Å². The Morgan fingerprint density at radius 1 is 1.04 bits per heavy atom. The quantitative estimate of drug-likeness (QED) is 0.553. The molecule has 1 aromatic heterocycles. The molecule has 0 bridgehead atoms. The molecule has 2 atom stereocenters. The SMILES string of the molecule is CC[C@H](c1nnc(S[C@@H](C)c2ccccc2Cl)n1Cc1ccccc1)[NH+](C)C. The summed E-state index contributed by atoms with van der Waals surface area (Å²) in [6, 6.07) is 18.8. The lowest BCUT2D eigenvalue weighted by molar-refractivity contribution is -0.893. The first kappa shape index (κ1) is 20.9. The highest BCUT2D eigenvalue weighted by atomic mass is 35.5. The molecule has 0 amide bonds. The van der Waals surface area contributed by atoms with Crippen LogP contribution in [0, 0.1) is 0 Å². The summed E-state index contributed by atoms with van der Waals surface area (Å²) in [4.78, 5) is 1.36. The number of nitrogens with one attached hydrogen (secondary N) is 1. The molecule has 0 aliphatic rings. The minimum Gasteiger partial charge on any atom is -0.331 e. The number of benzene rings is 2. The summed E-state index contributed by atoms with van der Waals surface area (Å²) in [5, 5.41) is 11.1. The van der Waals surface area contributed by atoms with Crippen molar-refractivity contribution in [3.05, 3.63) is 76.6 Å². The zero-order valence-corrected chi connectivity index (χ0v) is 18.5. The molecule has 0 fully saturated rings. The zero-order valence-electron chi connectivity index (χ0n) is 16.9. The Hall–Kier alpha value is -1.82. The third-order valence-electron chi connectivity index (χ3n) is 4.97. The second-order valence-corrected chi connectivity index (χ2v) is 8.95. The molecule has 3 rings (SSSR count). The van der Waals surface area contributed by atoms with Crippen molar-refractivity contribution in [1.82, 2.24) is 14.8 Å². The van der Waals surface area contributed by atoms with Gasteiger partial charge in [0.05, 0.1) is 20.6 Å². The molecule has 148 valence electrons. The van der Waals surface area contributed by atoms with Crippen LogP contribution in [0.4, 0.5) is 0 Å². The smallest absolute Gasteiger partial charge is 0.192 e. The third kappa shape index (κ3) is 4.77. The number of hydrogen-bond donors (Lipinski definition) is 1. The van der Waals surface area contributed by atoms with Crippen LogP contribution in [0.15, 0.2) is 59.8 Å². The Kier molecular flexibility index (Phi) is 7.16. The number of quaternary nitrogens is 1. The van der Waals surface area contributed by atoms with Gasteiger partial charge in [-0.25, -0.2) is 0 Å². The summed E-state index contributed by atoms with van der Waals surface area (Å²) < 4.78 is 2.27. The minimum absolute atomic E-state index is 0.187. The van der Waals surface area contributed by atoms with Crippen LogP contribution in [0.1, 0.15) is 48.5 Å². The molecule has 1 N–H and O–H groups in total. The average molecular weight is 416 g/mol. The maximum Gasteiger partial charge on any atom is 0.192 e. The number of nitrogens with zero attached hydrogens (tertiary/aromatic N) is 3. The van der Waals surface area contributed by atoms with Crippen molar-refractivity contribution in [1.29, 1.82) is 0 Å². The molecule has 6 heteroatoms. The van der Waals surface area contributed by atoms with Crippen LogP contribution in [-0.2, 0) is 6.54 Å². The van der Waals surface area contributed by atoms with Crippen molar-refractivity contribution in [2.45, 2.75) is 43.3 Å². The second-order valence-electron chi connectivity index (χ2n) is 7.23. The molecule has 0 saturated heterocycles. The van der Waals surface area contributed by atoms with Crippen molar-refractivity contribution in [3.63, 3.8) is 0 Å². The normalized spacial score (nSPS) is 13.6. The van der Waals surface area contributed by atoms with E-state index in [4.69, 9.17) is 11.6 Å². The van der Waals surface area contributed by atoms with E-state index in [-0.39, 0.29) is 5.25 Å². The molecule has 0 aliphatic carbocycles. The Bertz CT molecular complexity index is 895. The Morgan fingerprint density at radius 3 is 2.36 bits per heavy atom. The molecule has 1 heterocycles. The molecule has 0 spiro atoms.